The van der Waals surface area contributed by atoms with Crippen molar-refractivity contribution in [2.45, 2.75) is 31.7 Å². The lowest BCUT2D eigenvalue weighted by Crippen LogP contribution is -2.38. The van der Waals surface area contributed by atoms with Crippen molar-refractivity contribution in [3.8, 4) is 0 Å². The maximum absolute atomic E-state index is 12.3. The summed E-state index contributed by atoms with van der Waals surface area (Å²) in [5, 5.41) is 2.97. The topological polar surface area (TPSA) is 52.7 Å². The van der Waals surface area contributed by atoms with Crippen LogP contribution in [-0.4, -0.2) is 54.4 Å². The molecular weight excluding hydrogens is 322 g/mol. The number of amides is 2. The van der Waals surface area contributed by atoms with Gasteiger partial charge in [-0.3, -0.25) is 14.5 Å². The van der Waals surface area contributed by atoms with E-state index in [1.165, 1.54) is 5.75 Å². The molecule has 1 aromatic rings. The van der Waals surface area contributed by atoms with E-state index in [0.717, 1.165) is 42.9 Å². The monoisotopic (exact) mass is 347 g/mol. The fourth-order valence-electron chi connectivity index (χ4n) is 3.26. The summed E-state index contributed by atoms with van der Waals surface area (Å²) in [6, 6.07) is 8.09. The van der Waals surface area contributed by atoms with Gasteiger partial charge in [-0.2, -0.15) is 11.8 Å². The molecule has 0 saturated carbocycles. The number of thioether (sulfide) groups is 1. The van der Waals surface area contributed by atoms with E-state index in [1.807, 2.05) is 48.0 Å². The summed E-state index contributed by atoms with van der Waals surface area (Å²) in [7, 11) is 2.01. The van der Waals surface area contributed by atoms with Crippen LogP contribution in [0.15, 0.2) is 24.3 Å². The molecule has 0 aliphatic carbocycles. The molecule has 0 radical (unpaired) electrons. The molecule has 0 bridgehead atoms. The average molecular weight is 347 g/mol. The quantitative estimate of drug-likeness (QED) is 0.889. The molecular formula is C18H25N3O2S. The maximum atomic E-state index is 12.3. The second kappa shape index (κ2) is 8.03. The minimum Gasteiger partial charge on any atom is -0.325 e. The maximum Gasteiger partial charge on any atom is 0.238 e. The largest absolute Gasteiger partial charge is 0.325 e. The molecule has 2 heterocycles. The molecule has 0 spiro atoms. The van der Waals surface area contributed by atoms with Gasteiger partial charge < -0.3 is 10.2 Å². The summed E-state index contributed by atoms with van der Waals surface area (Å²) in [6.07, 6.45) is 3.77. The van der Waals surface area contributed by atoms with Crippen LogP contribution in [0.2, 0.25) is 0 Å². The van der Waals surface area contributed by atoms with E-state index >= 15 is 0 Å². The summed E-state index contributed by atoms with van der Waals surface area (Å²) < 4.78 is 0. The zero-order valence-corrected chi connectivity index (χ0v) is 15.0. The number of carbonyl (C=O) groups excluding carboxylic acids is 2. The van der Waals surface area contributed by atoms with Crippen LogP contribution in [0, 0.1) is 0 Å². The summed E-state index contributed by atoms with van der Waals surface area (Å²) in [5.74, 6) is 2.46. The van der Waals surface area contributed by atoms with E-state index in [9.17, 15) is 9.59 Å². The lowest BCUT2D eigenvalue weighted by atomic mass is 10.1. The molecule has 24 heavy (non-hydrogen) atoms. The standard InChI is InChI=1S/C18H25N3O2S/c1-20(16-8-10-24-13-16)12-17(22)19-14-5-4-6-15(11-14)21-9-3-2-7-18(21)23/h4-6,11,16H,2-3,7-10,12-13H2,1H3,(H,19,22)/t16-/m0/s1. The van der Waals surface area contributed by atoms with E-state index in [-0.39, 0.29) is 11.8 Å². The predicted molar refractivity (Wildman–Crippen MR) is 99.6 cm³/mol. The Morgan fingerprint density at radius 2 is 2.29 bits per heavy atom. The van der Waals surface area contributed by atoms with Crippen LogP contribution >= 0.6 is 11.8 Å². The van der Waals surface area contributed by atoms with Gasteiger partial charge in [0.15, 0.2) is 0 Å². The van der Waals surface area contributed by atoms with Crippen molar-refractivity contribution >= 4 is 35.0 Å². The Labute approximate surface area is 147 Å². The van der Waals surface area contributed by atoms with E-state index < -0.39 is 0 Å². The third kappa shape index (κ3) is 4.30. The van der Waals surface area contributed by atoms with Crippen LogP contribution < -0.4 is 10.2 Å². The van der Waals surface area contributed by atoms with Crippen molar-refractivity contribution in [2.24, 2.45) is 0 Å². The number of likely N-dealkylation sites (N-methyl/N-ethyl adjacent to an activating group) is 1. The van der Waals surface area contributed by atoms with Gasteiger partial charge in [0.05, 0.1) is 6.54 Å². The van der Waals surface area contributed by atoms with E-state index in [0.29, 0.717) is 19.0 Å². The predicted octanol–water partition coefficient (Wildman–Crippen LogP) is 2.58. The zero-order valence-electron chi connectivity index (χ0n) is 14.2. The van der Waals surface area contributed by atoms with Crippen molar-refractivity contribution in [3.63, 3.8) is 0 Å². The Kier molecular flexibility index (Phi) is 5.79. The summed E-state index contributed by atoms with van der Waals surface area (Å²) >= 11 is 1.95. The molecule has 2 amide bonds. The molecule has 1 N–H and O–H groups in total. The van der Waals surface area contributed by atoms with Crippen molar-refractivity contribution in [3.05, 3.63) is 24.3 Å². The average Bonchev–Trinajstić information content (AvgIpc) is 3.10. The molecule has 130 valence electrons. The minimum atomic E-state index is -0.00322. The SMILES string of the molecule is CN(CC(=O)Nc1cccc(N2CCCCC2=O)c1)[C@H]1CCSC1. The first-order chi connectivity index (χ1) is 11.6. The molecule has 2 saturated heterocycles. The van der Waals surface area contributed by atoms with Gasteiger partial charge in [0.2, 0.25) is 11.8 Å². The normalized spacial score (nSPS) is 21.3. The first-order valence-corrected chi connectivity index (χ1v) is 9.77. The highest BCUT2D eigenvalue weighted by molar-refractivity contribution is 7.99. The molecule has 3 rings (SSSR count). The number of rotatable bonds is 5. The van der Waals surface area contributed by atoms with Crippen LogP contribution in [0.3, 0.4) is 0 Å². The van der Waals surface area contributed by atoms with Crippen LogP contribution in [0.25, 0.3) is 0 Å². The summed E-state index contributed by atoms with van der Waals surface area (Å²) in [5.41, 5.74) is 1.63. The Bertz CT molecular complexity index is 602. The van der Waals surface area contributed by atoms with Crippen molar-refractivity contribution < 1.29 is 9.59 Å². The molecule has 1 atom stereocenters. The molecule has 0 aromatic heterocycles. The highest BCUT2D eigenvalue weighted by Gasteiger charge is 2.22. The molecule has 2 aliphatic rings. The van der Waals surface area contributed by atoms with Crippen LogP contribution in [-0.2, 0) is 9.59 Å². The number of hydrogen-bond acceptors (Lipinski definition) is 4. The van der Waals surface area contributed by atoms with Gasteiger partial charge in [0.25, 0.3) is 0 Å². The lowest BCUT2D eigenvalue weighted by Gasteiger charge is -2.27. The van der Waals surface area contributed by atoms with Crippen molar-refractivity contribution in [1.82, 2.24) is 4.90 Å². The number of hydrogen-bond donors (Lipinski definition) is 1. The van der Waals surface area contributed by atoms with Gasteiger partial charge >= 0.3 is 0 Å². The summed E-state index contributed by atoms with van der Waals surface area (Å²) in [6.45, 7) is 1.16. The Hall–Kier alpha value is -1.53. The van der Waals surface area contributed by atoms with E-state index in [1.54, 1.807) is 0 Å². The van der Waals surface area contributed by atoms with Gasteiger partial charge in [-0.1, -0.05) is 6.07 Å². The fraction of sp³-hybridized carbons (Fsp3) is 0.556. The van der Waals surface area contributed by atoms with Gasteiger partial charge in [0, 0.05) is 36.1 Å². The zero-order chi connectivity index (χ0) is 16.9. The highest BCUT2D eigenvalue weighted by atomic mass is 32.2. The number of nitrogens with one attached hydrogen (secondary N) is 1. The number of piperidine rings is 1. The van der Waals surface area contributed by atoms with Crippen LogP contribution in [0.5, 0.6) is 0 Å². The summed E-state index contributed by atoms with van der Waals surface area (Å²) in [4.78, 5) is 28.3. The fourth-order valence-corrected chi connectivity index (χ4v) is 4.55. The van der Waals surface area contributed by atoms with Crippen LogP contribution in [0.4, 0.5) is 11.4 Å². The minimum absolute atomic E-state index is 0.00322. The Morgan fingerprint density at radius 1 is 1.42 bits per heavy atom. The highest BCUT2D eigenvalue weighted by Crippen LogP contribution is 2.24. The van der Waals surface area contributed by atoms with Gasteiger partial charge in [0.1, 0.15) is 0 Å². The van der Waals surface area contributed by atoms with Crippen LogP contribution in [0.1, 0.15) is 25.7 Å². The third-order valence-corrected chi connectivity index (χ3v) is 5.83. The molecule has 5 nitrogen and oxygen atoms in total. The number of nitrogens with zero attached hydrogens (tertiary/aromatic N) is 2. The first kappa shape index (κ1) is 17.3. The molecule has 6 heteroatoms. The van der Waals surface area contributed by atoms with E-state index in [4.69, 9.17) is 0 Å². The lowest BCUT2D eigenvalue weighted by molar-refractivity contribution is -0.119. The van der Waals surface area contributed by atoms with Gasteiger partial charge in [-0.15, -0.1) is 0 Å². The molecule has 1 aromatic carbocycles. The Balaban J connectivity index is 1.59. The number of carbonyl (C=O) groups is 2. The van der Waals surface area contributed by atoms with Crippen molar-refractivity contribution in [2.75, 3.05) is 41.9 Å². The third-order valence-electron chi connectivity index (χ3n) is 4.69. The number of anilines is 2. The molecule has 2 aliphatic heterocycles. The Morgan fingerprint density at radius 3 is 3.04 bits per heavy atom. The van der Waals surface area contributed by atoms with Gasteiger partial charge in [-0.05, 0) is 50.3 Å². The second-order valence-corrected chi connectivity index (χ2v) is 7.68. The smallest absolute Gasteiger partial charge is 0.238 e. The second-order valence-electron chi connectivity index (χ2n) is 6.53. The molecule has 0 unspecified atom stereocenters. The van der Waals surface area contributed by atoms with E-state index in [2.05, 4.69) is 10.2 Å². The van der Waals surface area contributed by atoms with Gasteiger partial charge in [-0.25, -0.2) is 0 Å². The first-order valence-electron chi connectivity index (χ1n) is 8.62. The van der Waals surface area contributed by atoms with Crippen molar-refractivity contribution in [1.29, 1.82) is 0 Å². The number of benzene rings is 1. The molecule has 2 fully saturated rings.